The molecule has 1 atom stereocenters. The maximum absolute atomic E-state index is 4.35. The van der Waals surface area contributed by atoms with Crippen molar-refractivity contribution in [2.45, 2.75) is 25.9 Å². The maximum atomic E-state index is 4.35. The Kier molecular flexibility index (Phi) is 3.60. The van der Waals surface area contributed by atoms with E-state index >= 15 is 0 Å². The summed E-state index contributed by atoms with van der Waals surface area (Å²) in [5.41, 5.74) is 1.47. The molecule has 4 rings (SSSR count). The van der Waals surface area contributed by atoms with E-state index in [9.17, 15) is 0 Å². The van der Waals surface area contributed by atoms with Crippen LogP contribution in [0, 0.1) is 6.92 Å². The van der Waals surface area contributed by atoms with Crippen molar-refractivity contribution < 1.29 is 0 Å². The lowest BCUT2D eigenvalue weighted by Crippen LogP contribution is -2.35. The van der Waals surface area contributed by atoms with E-state index in [1.54, 1.807) is 0 Å². The van der Waals surface area contributed by atoms with Gasteiger partial charge in [0.2, 0.25) is 0 Å². The van der Waals surface area contributed by atoms with E-state index in [2.05, 4.69) is 48.6 Å². The summed E-state index contributed by atoms with van der Waals surface area (Å²) in [5.74, 6) is 2.01. The Morgan fingerprint density at radius 3 is 2.86 bits per heavy atom. The molecule has 0 bridgehead atoms. The van der Waals surface area contributed by atoms with Crippen LogP contribution in [0.3, 0.4) is 0 Å². The van der Waals surface area contributed by atoms with Gasteiger partial charge in [0.25, 0.3) is 0 Å². The van der Waals surface area contributed by atoms with Crippen LogP contribution in [0.25, 0.3) is 0 Å². The summed E-state index contributed by atoms with van der Waals surface area (Å²) in [7, 11) is 2.05. The maximum Gasteiger partial charge on any atom is 0.146 e. The van der Waals surface area contributed by atoms with E-state index in [4.69, 9.17) is 0 Å². The molecule has 0 saturated heterocycles. The third-order valence-electron chi connectivity index (χ3n) is 4.41. The monoisotopic (exact) mass is 330 g/mol. The summed E-state index contributed by atoms with van der Waals surface area (Å²) < 4.78 is 2.09. The number of aromatic nitrogens is 3. The Hall–Kier alpha value is -1.50. The first-order valence-corrected chi connectivity index (χ1v) is 9.18. The molecule has 0 N–H and O–H groups in total. The normalized spacial score (nSPS) is 18.5. The molecule has 0 fully saturated rings. The standard InChI is InChI=1S/C16H18N4S2/c1-11-17-18-15(19(11)2)10-20-7-5-13-12(6-9-22-13)16(20)14-4-3-8-21-14/h3-4,6,8-9,16H,5,7,10H2,1-2H3/t16-/m0/s1. The Morgan fingerprint density at radius 1 is 1.23 bits per heavy atom. The molecule has 22 heavy (non-hydrogen) atoms. The van der Waals surface area contributed by atoms with Gasteiger partial charge in [0.1, 0.15) is 11.6 Å². The molecule has 114 valence electrons. The fourth-order valence-electron chi connectivity index (χ4n) is 3.09. The van der Waals surface area contributed by atoms with Crippen LogP contribution >= 0.6 is 22.7 Å². The van der Waals surface area contributed by atoms with Gasteiger partial charge in [0.15, 0.2) is 0 Å². The predicted octanol–water partition coefficient (Wildman–Crippen LogP) is 3.39. The first-order valence-electron chi connectivity index (χ1n) is 7.42. The Balaban J connectivity index is 1.71. The topological polar surface area (TPSA) is 34.0 Å². The number of nitrogens with zero attached hydrogens (tertiary/aromatic N) is 4. The second-order valence-electron chi connectivity index (χ2n) is 5.66. The van der Waals surface area contributed by atoms with Crippen LogP contribution < -0.4 is 0 Å². The van der Waals surface area contributed by atoms with Crippen LogP contribution in [-0.4, -0.2) is 26.2 Å². The molecule has 3 aromatic rings. The smallest absolute Gasteiger partial charge is 0.146 e. The summed E-state index contributed by atoms with van der Waals surface area (Å²) in [5, 5.41) is 12.9. The van der Waals surface area contributed by atoms with E-state index in [1.165, 1.54) is 15.3 Å². The summed E-state index contributed by atoms with van der Waals surface area (Å²) in [6.45, 7) is 3.91. The van der Waals surface area contributed by atoms with Gasteiger partial charge in [-0.1, -0.05) is 6.07 Å². The first kappa shape index (κ1) is 14.1. The second kappa shape index (κ2) is 5.61. The Bertz CT molecular complexity index is 772. The van der Waals surface area contributed by atoms with Gasteiger partial charge in [-0.2, -0.15) is 0 Å². The highest BCUT2D eigenvalue weighted by molar-refractivity contribution is 7.10. The van der Waals surface area contributed by atoms with Gasteiger partial charge in [-0.15, -0.1) is 32.9 Å². The lowest BCUT2D eigenvalue weighted by molar-refractivity contribution is 0.201. The predicted molar refractivity (Wildman–Crippen MR) is 90.3 cm³/mol. The van der Waals surface area contributed by atoms with Crippen LogP contribution in [0.1, 0.15) is 33.0 Å². The number of hydrogen-bond donors (Lipinski definition) is 0. The van der Waals surface area contributed by atoms with Crippen LogP contribution in [0.5, 0.6) is 0 Å². The molecule has 4 nitrogen and oxygen atoms in total. The van der Waals surface area contributed by atoms with Crippen molar-refractivity contribution in [2.24, 2.45) is 7.05 Å². The van der Waals surface area contributed by atoms with Crippen molar-refractivity contribution in [3.05, 3.63) is 55.9 Å². The first-order chi connectivity index (χ1) is 10.7. The molecular formula is C16H18N4S2. The lowest BCUT2D eigenvalue weighted by atomic mass is 9.98. The molecule has 3 aromatic heterocycles. The highest BCUT2D eigenvalue weighted by Gasteiger charge is 2.31. The van der Waals surface area contributed by atoms with E-state index in [0.29, 0.717) is 6.04 Å². The zero-order valence-corrected chi connectivity index (χ0v) is 14.3. The number of fused-ring (bicyclic) bond motifs is 1. The molecule has 1 aliphatic rings. The van der Waals surface area contributed by atoms with Gasteiger partial charge in [-0.05, 0) is 41.8 Å². The van der Waals surface area contributed by atoms with Gasteiger partial charge in [0, 0.05) is 23.3 Å². The van der Waals surface area contributed by atoms with Crippen LogP contribution in [0.4, 0.5) is 0 Å². The molecule has 0 saturated carbocycles. The third-order valence-corrected chi connectivity index (χ3v) is 6.33. The molecule has 0 radical (unpaired) electrons. The zero-order chi connectivity index (χ0) is 15.1. The minimum atomic E-state index is 0.354. The van der Waals surface area contributed by atoms with E-state index in [0.717, 1.165) is 31.2 Å². The lowest BCUT2D eigenvalue weighted by Gasteiger charge is -2.35. The molecule has 1 aliphatic heterocycles. The number of aryl methyl sites for hydroxylation is 1. The number of hydrogen-bond acceptors (Lipinski definition) is 5. The fraction of sp³-hybridized carbons (Fsp3) is 0.375. The highest BCUT2D eigenvalue weighted by atomic mass is 32.1. The molecule has 0 unspecified atom stereocenters. The van der Waals surface area contributed by atoms with Gasteiger partial charge >= 0.3 is 0 Å². The summed E-state index contributed by atoms with van der Waals surface area (Å²) in [4.78, 5) is 5.48. The van der Waals surface area contributed by atoms with Crippen molar-refractivity contribution in [1.29, 1.82) is 0 Å². The summed E-state index contributed by atoms with van der Waals surface area (Å²) >= 11 is 3.73. The Labute approximate surface area is 138 Å². The fourth-order valence-corrected chi connectivity index (χ4v) is 4.87. The summed E-state index contributed by atoms with van der Waals surface area (Å²) in [6, 6.07) is 7.04. The third kappa shape index (κ3) is 2.31. The van der Waals surface area contributed by atoms with Crippen LogP contribution in [0.15, 0.2) is 29.0 Å². The molecule has 6 heteroatoms. The minimum absolute atomic E-state index is 0.354. The zero-order valence-electron chi connectivity index (χ0n) is 12.7. The highest BCUT2D eigenvalue weighted by Crippen LogP contribution is 2.39. The molecule has 0 amide bonds. The second-order valence-corrected chi connectivity index (χ2v) is 7.64. The van der Waals surface area contributed by atoms with E-state index in [-0.39, 0.29) is 0 Å². The largest absolute Gasteiger partial charge is 0.317 e. The Morgan fingerprint density at radius 2 is 2.14 bits per heavy atom. The average Bonchev–Trinajstić information content (AvgIpc) is 3.25. The van der Waals surface area contributed by atoms with E-state index < -0.39 is 0 Å². The average molecular weight is 330 g/mol. The summed E-state index contributed by atoms with van der Waals surface area (Å²) in [6.07, 6.45) is 1.13. The molecule has 0 spiro atoms. The minimum Gasteiger partial charge on any atom is -0.317 e. The van der Waals surface area contributed by atoms with Crippen molar-refractivity contribution in [3.8, 4) is 0 Å². The van der Waals surface area contributed by atoms with Crippen molar-refractivity contribution in [2.75, 3.05) is 6.54 Å². The molecule has 0 aromatic carbocycles. The van der Waals surface area contributed by atoms with Crippen molar-refractivity contribution >= 4 is 22.7 Å². The van der Waals surface area contributed by atoms with Crippen molar-refractivity contribution in [1.82, 2.24) is 19.7 Å². The van der Waals surface area contributed by atoms with Gasteiger partial charge in [0.05, 0.1) is 12.6 Å². The van der Waals surface area contributed by atoms with Gasteiger partial charge in [-0.3, -0.25) is 4.90 Å². The molecule has 4 heterocycles. The quantitative estimate of drug-likeness (QED) is 0.738. The van der Waals surface area contributed by atoms with Crippen LogP contribution in [-0.2, 0) is 20.0 Å². The van der Waals surface area contributed by atoms with Crippen molar-refractivity contribution in [3.63, 3.8) is 0 Å². The molecular weight excluding hydrogens is 312 g/mol. The number of rotatable bonds is 3. The van der Waals surface area contributed by atoms with Gasteiger partial charge < -0.3 is 4.57 Å². The van der Waals surface area contributed by atoms with Crippen LogP contribution in [0.2, 0.25) is 0 Å². The number of thiophene rings is 2. The van der Waals surface area contributed by atoms with E-state index in [1.807, 2.05) is 36.6 Å². The SMILES string of the molecule is Cc1nnc(CN2CCc3sccc3[C@H]2c2cccs2)n1C. The van der Waals surface area contributed by atoms with Gasteiger partial charge in [-0.25, -0.2) is 0 Å². The molecule has 0 aliphatic carbocycles.